The lowest BCUT2D eigenvalue weighted by Gasteiger charge is -2.36. The maximum absolute atomic E-state index is 5.45. The van der Waals surface area contributed by atoms with Crippen LogP contribution in [0.5, 0.6) is 0 Å². The third-order valence-corrected chi connectivity index (χ3v) is 5.90. The molecule has 5 heterocycles. The zero-order valence-corrected chi connectivity index (χ0v) is 15.3. The molecule has 0 spiro atoms. The molecule has 0 N–H and O–H groups in total. The summed E-state index contributed by atoms with van der Waals surface area (Å²) in [5.41, 5.74) is 4.83. The van der Waals surface area contributed by atoms with E-state index in [-0.39, 0.29) is 0 Å². The monoisotopic (exact) mass is 351 g/mol. The maximum atomic E-state index is 5.45. The second kappa shape index (κ2) is 6.59. The van der Waals surface area contributed by atoms with Gasteiger partial charge in [-0.05, 0) is 31.9 Å². The molecule has 26 heavy (non-hydrogen) atoms. The highest BCUT2D eigenvalue weighted by Gasteiger charge is 2.41. The number of fused-ring (bicyclic) bond motifs is 4. The highest BCUT2D eigenvalue weighted by Crippen LogP contribution is 2.43. The first kappa shape index (κ1) is 16.1. The van der Waals surface area contributed by atoms with Gasteiger partial charge in [-0.3, -0.25) is 9.88 Å². The van der Waals surface area contributed by atoms with E-state index >= 15 is 0 Å². The van der Waals surface area contributed by atoms with E-state index in [1.807, 2.05) is 0 Å². The Kier molecular flexibility index (Phi) is 4.10. The predicted octanol–water partition coefficient (Wildman–Crippen LogP) is 2.28. The number of anilines is 1. The molecule has 0 aliphatic carbocycles. The summed E-state index contributed by atoms with van der Waals surface area (Å²) in [6.45, 7) is 6.28. The summed E-state index contributed by atoms with van der Waals surface area (Å²) in [5.74, 6) is 0.875. The molecule has 2 bridgehead atoms. The molecule has 0 saturated carbocycles. The molecule has 2 aromatic heterocycles. The Bertz CT molecular complexity index is 805. The van der Waals surface area contributed by atoms with Crippen LogP contribution in [0.4, 0.5) is 5.95 Å². The molecule has 3 aliphatic rings. The van der Waals surface area contributed by atoms with Gasteiger partial charge in [0, 0.05) is 55.6 Å². The Balaban J connectivity index is 1.40. The van der Waals surface area contributed by atoms with Crippen molar-refractivity contribution in [3.8, 4) is 0 Å². The van der Waals surface area contributed by atoms with Crippen LogP contribution in [0.15, 0.2) is 24.4 Å². The Labute approximate surface area is 154 Å². The number of hydrogen-bond acceptors (Lipinski definition) is 6. The number of hydrogen-bond donors (Lipinski definition) is 0. The summed E-state index contributed by atoms with van der Waals surface area (Å²) in [6, 6.07) is 7.31. The normalized spacial score (nSPS) is 25.3. The van der Waals surface area contributed by atoms with Crippen molar-refractivity contribution < 1.29 is 4.74 Å². The number of rotatable bonds is 3. The summed E-state index contributed by atoms with van der Waals surface area (Å²) in [7, 11) is 0. The molecule has 0 unspecified atom stereocenters. The highest BCUT2D eigenvalue weighted by molar-refractivity contribution is 5.37. The summed E-state index contributed by atoms with van der Waals surface area (Å²) < 4.78 is 5.45. The molecule has 2 atom stereocenters. The average Bonchev–Trinajstić information content (AvgIpc) is 2.94. The van der Waals surface area contributed by atoms with Gasteiger partial charge in [0.15, 0.2) is 0 Å². The van der Waals surface area contributed by atoms with Crippen LogP contribution in [0.1, 0.15) is 41.5 Å². The highest BCUT2D eigenvalue weighted by atomic mass is 16.5. The van der Waals surface area contributed by atoms with Crippen LogP contribution in [0, 0.1) is 6.92 Å². The number of aromatic nitrogens is 3. The van der Waals surface area contributed by atoms with Crippen molar-refractivity contribution in [3.05, 3.63) is 47.0 Å². The third-order valence-electron chi connectivity index (χ3n) is 5.90. The minimum Gasteiger partial charge on any atom is -0.378 e. The zero-order chi connectivity index (χ0) is 17.5. The number of aryl methyl sites for hydroxylation is 1. The van der Waals surface area contributed by atoms with Crippen molar-refractivity contribution >= 4 is 5.95 Å². The number of morpholine rings is 1. The lowest BCUT2D eigenvalue weighted by atomic mass is 9.99. The molecule has 3 aliphatic heterocycles. The standard InChI is InChI=1S/C20H25N5O/c1-14-3-2-4-15(22-14)13-25-16-5-6-19(25)17-12-21-20(23-18(17)11-16)24-7-9-26-10-8-24/h2-4,12,16,19H,5-11,13H2,1H3/t16-,19-/m1/s1. The summed E-state index contributed by atoms with van der Waals surface area (Å²) >= 11 is 0. The molecule has 0 aromatic carbocycles. The van der Waals surface area contributed by atoms with E-state index < -0.39 is 0 Å². The van der Waals surface area contributed by atoms with Crippen molar-refractivity contribution in [3.63, 3.8) is 0 Å². The molecule has 5 rings (SSSR count). The van der Waals surface area contributed by atoms with Gasteiger partial charge in [0.25, 0.3) is 0 Å². The molecule has 2 aromatic rings. The van der Waals surface area contributed by atoms with Gasteiger partial charge in [0.1, 0.15) is 0 Å². The van der Waals surface area contributed by atoms with Gasteiger partial charge in [-0.2, -0.15) is 0 Å². The quantitative estimate of drug-likeness (QED) is 0.846. The molecule has 136 valence electrons. The molecule has 0 amide bonds. The van der Waals surface area contributed by atoms with Crippen LogP contribution >= 0.6 is 0 Å². The van der Waals surface area contributed by atoms with Crippen LogP contribution < -0.4 is 4.90 Å². The summed E-state index contributed by atoms with van der Waals surface area (Å²) in [4.78, 5) is 19.2. The molecule has 6 heteroatoms. The lowest BCUT2D eigenvalue weighted by molar-refractivity contribution is 0.122. The third kappa shape index (κ3) is 2.87. The van der Waals surface area contributed by atoms with E-state index in [0.29, 0.717) is 12.1 Å². The fourth-order valence-corrected chi connectivity index (χ4v) is 4.60. The van der Waals surface area contributed by atoms with Gasteiger partial charge in [-0.25, -0.2) is 9.97 Å². The minimum absolute atomic E-state index is 0.435. The van der Waals surface area contributed by atoms with E-state index in [4.69, 9.17) is 19.7 Å². The average molecular weight is 351 g/mol. The fraction of sp³-hybridized carbons (Fsp3) is 0.550. The molecule has 0 radical (unpaired) electrons. The van der Waals surface area contributed by atoms with E-state index in [2.05, 4.69) is 41.1 Å². The predicted molar refractivity (Wildman–Crippen MR) is 99.0 cm³/mol. The van der Waals surface area contributed by atoms with Crippen molar-refractivity contribution in [2.75, 3.05) is 31.2 Å². The number of ether oxygens (including phenoxy) is 1. The topological polar surface area (TPSA) is 54.4 Å². The SMILES string of the molecule is Cc1cccc(CN2[C@@H]3CC[C@@H]2c2cnc(N4CCOCC4)nc2C3)n1. The van der Waals surface area contributed by atoms with Crippen LogP contribution in [0.2, 0.25) is 0 Å². The van der Waals surface area contributed by atoms with Gasteiger partial charge in [-0.15, -0.1) is 0 Å². The second-order valence-electron chi connectivity index (χ2n) is 7.57. The van der Waals surface area contributed by atoms with Crippen molar-refractivity contribution in [2.24, 2.45) is 0 Å². The fourth-order valence-electron chi connectivity index (χ4n) is 4.60. The smallest absolute Gasteiger partial charge is 0.225 e. The largest absolute Gasteiger partial charge is 0.378 e. The van der Waals surface area contributed by atoms with Gasteiger partial charge >= 0.3 is 0 Å². The second-order valence-corrected chi connectivity index (χ2v) is 7.57. The minimum atomic E-state index is 0.435. The van der Waals surface area contributed by atoms with Crippen molar-refractivity contribution in [2.45, 2.75) is 44.8 Å². The van der Waals surface area contributed by atoms with E-state index in [0.717, 1.165) is 56.6 Å². The summed E-state index contributed by atoms with van der Waals surface area (Å²) in [6.07, 6.45) is 5.54. The Morgan fingerprint density at radius 3 is 2.88 bits per heavy atom. The first-order chi connectivity index (χ1) is 12.8. The van der Waals surface area contributed by atoms with E-state index in [1.54, 1.807) is 0 Å². The Hall–Kier alpha value is -2.05. The Morgan fingerprint density at radius 1 is 1.15 bits per heavy atom. The first-order valence-corrected chi connectivity index (χ1v) is 9.65. The number of nitrogens with zero attached hydrogens (tertiary/aromatic N) is 5. The lowest BCUT2D eigenvalue weighted by Crippen LogP contribution is -2.40. The van der Waals surface area contributed by atoms with E-state index in [1.165, 1.54) is 24.1 Å². The Morgan fingerprint density at radius 2 is 2.04 bits per heavy atom. The summed E-state index contributed by atoms with van der Waals surface area (Å²) in [5, 5.41) is 0. The number of pyridine rings is 1. The van der Waals surface area contributed by atoms with Crippen LogP contribution in [-0.2, 0) is 17.7 Å². The molecule has 6 nitrogen and oxygen atoms in total. The molecule has 2 fully saturated rings. The van der Waals surface area contributed by atoms with Crippen molar-refractivity contribution in [1.82, 2.24) is 19.9 Å². The van der Waals surface area contributed by atoms with E-state index in [9.17, 15) is 0 Å². The van der Waals surface area contributed by atoms with Crippen LogP contribution in [0.3, 0.4) is 0 Å². The van der Waals surface area contributed by atoms with Gasteiger partial charge in [0.05, 0.1) is 24.6 Å². The maximum Gasteiger partial charge on any atom is 0.225 e. The molecular weight excluding hydrogens is 326 g/mol. The van der Waals surface area contributed by atoms with Crippen molar-refractivity contribution in [1.29, 1.82) is 0 Å². The van der Waals surface area contributed by atoms with Gasteiger partial charge < -0.3 is 9.64 Å². The van der Waals surface area contributed by atoms with Crippen LogP contribution in [0.25, 0.3) is 0 Å². The first-order valence-electron chi connectivity index (χ1n) is 9.65. The molecule has 2 saturated heterocycles. The molecular formula is C20H25N5O. The van der Waals surface area contributed by atoms with Gasteiger partial charge in [0.2, 0.25) is 5.95 Å². The van der Waals surface area contributed by atoms with Crippen LogP contribution in [-0.4, -0.2) is 52.2 Å². The zero-order valence-electron chi connectivity index (χ0n) is 15.3. The van der Waals surface area contributed by atoms with Gasteiger partial charge in [-0.1, -0.05) is 6.07 Å².